The highest BCUT2D eigenvalue weighted by molar-refractivity contribution is 5.87. The van der Waals surface area contributed by atoms with E-state index in [9.17, 15) is 9.59 Å². The maximum Gasteiger partial charge on any atom is 0.333 e. The number of hydrogen-bond donors (Lipinski definition) is 0. The van der Waals surface area contributed by atoms with Crippen LogP contribution in [0, 0.1) is 5.92 Å². The minimum absolute atomic E-state index is 0.222. The van der Waals surface area contributed by atoms with Crippen molar-refractivity contribution in [2.24, 2.45) is 5.92 Å². The van der Waals surface area contributed by atoms with E-state index in [0.717, 1.165) is 19.3 Å². The molecule has 4 nitrogen and oxygen atoms in total. The van der Waals surface area contributed by atoms with Gasteiger partial charge in [0.25, 0.3) is 0 Å². The van der Waals surface area contributed by atoms with Crippen molar-refractivity contribution >= 4 is 11.9 Å². The molecule has 0 aromatic rings. The number of carbonyl (C=O) groups excluding carboxylic acids is 2. The molecule has 4 heteroatoms. The third-order valence-electron chi connectivity index (χ3n) is 3.47. The summed E-state index contributed by atoms with van der Waals surface area (Å²) in [5.74, 6) is -0.268. The van der Waals surface area contributed by atoms with E-state index in [-0.39, 0.29) is 19.2 Å². The van der Waals surface area contributed by atoms with Crippen molar-refractivity contribution in [3.63, 3.8) is 0 Å². The molecule has 0 saturated carbocycles. The first-order valence-corrected chi connectivity index (χ1v) is 8.09. The lowest BCUT2D eigenvalue weighted by Gasteiger charge is -2.15. The number of ether oxygens (including phenoxy) is 2. The van der Waals surface area contributed by atoms with E-state index in [1.165, 1.54) is 6.42 Å². The van der Waals surface area contributed by atoms with Gasteiger partial charge in [-0.1, -0.05) is 52.7 Å². The van der Waals surface area contributed by atoms with Crippen molar-refractivity contribution in [3.8, 4) is 0 Å². The highest BCUT2D eigenvalue weighted by Crippen LogP contribution is 2.21. The summed E-state index contributed by atoms with van der Waals surface area (Å²) in [5.41, 5.74) is 0.893. The minimum Gasteiger partial charge on any atom is -0.462 e. The predicted octanol–water partition coefficient (Wildman–Crippen LogP) is 4.20. The predicted molar refractivity (Wildman–Crippen MR) is 88.4 cm³/mol. The molecule has 0 bridgehead atoms. The third-order valence-corrected chi connectivity index (χ3v) is 3.47. The van der Waals surface area contributed by atoms with Crippen molar-refractivity contribution in [3.05, 3.63) is 24.3 Å². The largest absolute Gasteiger partial charge is 0.462 e. The Labute approximate surface area is 134 Å². The Bertz CT molecular complexity index is 385. The Morgan fingerprint density at radius 2 is 1.59 bits per heavy atom. The van der Waals surface area contributed by atoms with Gasteiger partial charge in [0.05, 0.1) is 13.2 Å². The zero-order valence-electron chi connectivity index (χ0n) is 14.3. The molecule has 0 aliphatic heterocycles. The van der Waals surface area contributed by atoms with Crippen LogP contribution in [0.5, 0.6) is 0 Å². The normalized spacial score (nSPS) is 11.6. The van der Waals surface area contributed by atoms with Crippen LogP contribution in [0.4, 0.5) is 0 Å². The second-order valence-electron chi connectivity index (χ2n) is 5.63. The number of carbonyl (C=O) groups is 2. The molecule has 1 atom stereocenters. The summed E-state index contributed by atoms with van der Waals surface area (Å²) in [7, 11) is 0. The maximum absolute atomic E-state index is 11.8. The average Bonchev–Trinajstić information content (AvgIpc) is 2.50. The Balaban J connectivity index is 3.88. The third kappa shape index (κ3) is 9.37. The fourth-order valence-corrected chi connectivity index (χ4v) is 1.99. The summed E-state index contributed by atoms with van der Waals surface area (Å²) >= 11 is 0. The molecule has 0 amide bonds. The van der Waals surface area contributed by atoms with Crippen LogP contribution in [-0.4, -0.2) is 25.2 Å². The van der Waals surface area contributed by atoms with Gasteiger partial charge in [-0.25, -0.2) is 9.59 Å². The second kappa shape index (κ2) is 12.0. The lowest BCUT2D eigenvalue weighted by atomic mass is 9.92. The monoisotopic (exact) mass is 310 g/mol. The Hall–Kier alpha value is -1.58. The van der Waals surface area contributed by atoms with E-state index in [4.69, 9.17) is 9.47 Å². The van der Waals surface area contributed by atoms with E-state index < -0.39 is 5.97 Å². The molecule has 0 fully saturated rings. The standard InChI is InChI=1S/C18H30O4/c1-6-8-10-16(7-2)13-15(5)18(20)22-12-9-11-21-17(19)14(3)4/h16H,3,5-13H2,1-2,4H3. The van der Waals surface area contributed by atoms with Gasteiger partial charge in [0, 0.05) is 17.6 Å². The quantitative estimate of drug-likeness (QED) is 0.308. The van der Waals surface area contributed by atoms with E-state index >= 15 is 0 Å². The van der Waals surface area contributed by atoms with Crippen LogP contribution in [0.3, 0.4) is 0 Å². The molecule has 0 saturated heterocycles. The Morgan fingerprint density at radius 3 is 2.09 bits per heavy atom. The zero-order valence-corrected chi connectivity index (χ0v) is 14.3. The molecule has 1 unspecified atom stereocenters. The zero-order chi connectivity index (χ0) is 17.0. The molecule has 0 radical (unpaired) electrons. The maximum atomic E-state index is 11.8. The van der Waals surface area contributed by atoms with Gasteiger partial charge in [0.1, 0.15) is 0 Å². The van der Waals surface area contributed by atoms with E-state index in [0.29, 0.717) is 29.9 Å². The lowest BCUT2D eigenvalue weighted by molar-refractivity contribution is -0.141. The highest BCUT2D eigenvalue weighted by Gasteiger charge is 2.14. The van der Waals surface area contributed by atoms with Crippen LogP contribution in [0.15, 0.2) is 24.3 Å². The minimum atomic E-state index is -0.419. The Morgan fingerprint density at radius 1 is 1.00 bits per heavy atom. The highest BCUT2D eigenvalue weighted by atomic mass is 16.5. The fourth-order valence-electron chi connectivity index (χ4n) is 1.99. The van der Waals surface area contributed by atoms with E-state index in [2.05, 4.69) is 27.0 Å². The summed E-state index contributed by atoms with van der Waals surface area (Å²) < 4.78 is 10.1. The molecule has 22 heavy (non-hydrogen) atoms. The molecule has 0 aliphatic rings. The van der Waals surface area contributed by atoms with Crippen molar-refractivity contribution in [2.75, 3.05) is 13.2 Å². The number of hydrogen-bond acceptors (Lipinski definition) is 4. The first-order valence-electron chi connectivity index (χ1n) is 8.09. The number of esters is 2. The first-order chi connectivity index (χ1) is 10.4. The van der Waals surface area contributed by atoms with Gasteiger partial charge < -0.3 is 9.47 Å². The second-order valence-corrected chi connectivity index (χ2v) is 5.63. The molecule has 0 N–H and O–H groups in total. The van der Waals surface area contributed by atoms with Crippen LogP contribution in [0.25, 0.3) is 0 Å². The van der Waals surface area contributed by atoms with Gasteiger partial charge in [0.2, 0.25) is 0 Å². The summed E-state index contributed by atoms with van der Waals surface area (Å²) in [4.78, 5) is 23.0. The van der Waals surface area contributed by atoms with Crippen molar-refractivity contribution in [1.82, 2.24) is 0 Å². The molecule has 126 valence electrons. The van der Waals surface area contributed by atoms with Gasteiger partial charge in [-0.05, 0) is 19.3 Å². The topological polar surface area (TPSA) is 52.6 Å². The van der Waals surface area contributed by atoms with Gasteiger partial charge in [-0.3, -0.25) is 0 Å². The summed E-state index contributed by atoms with van der Waals surface area (Å²) in [6, 6.07) is 0. The van der Waals surface area contributed by atoms with Crippen LogP contribution in [0.1, 0.15) is 59.3 Å². The van der Waals surface area contributed by atoms with Crippen LogP contribution in [-0.2, 0) is 19.1 Å². The fraction of sp³-hybridized carbons (Fsp3) is 0.667. The van der Waals surface area contributed by atoms with Crippen molar-refractivity contribution in [1.29, 1.82) is 0 Å². The molecular weight excluding hydrogens is 280 g/mol. The smallest absolute Gasteiger partial charge is 0.333 e. The van der Waals surface area contributed by atoms with Gasteiger partial charge >= 0.3 is 11.9 Å². The van der Waals surface area contributed by atoms with E-state index in [1.807, 2.05) is 0 Å². The van der Waals surface area contributed by atoms with Gasteiger partial charge in [0.15, 0.2) is 0 Å². The SMILES string of the molecule is C=C(C)C(=O)OCCCOC(=O)C(=C)CC(CC)CCCC. The summed E-state index contributed by atoms with van der Waals surface area (Å²) in [6.45, 7) is 13.7. The molecule has 0 rings (SSSR count). The average molecular weight is 310 g/mol. The molecule has 0 aromatic carbocycles. The molecule has 0 heterocycles. The lowest BCUT2D eigenvalue weighted by Crippen LogP contribution is -2.14. The van der Waals surface area contributed by atoms with Crippen molar-refractivity contribution < 1.29 is 19.1 Å². The van der Waals surface area contributed by atoms with Crippen LogP contribution >= 0.6 is 0 Å². The van der Waals surface area contributed by atoms with Gasteiger partial charge in [-0.15, -0.1) is 0 Å². The molecule has 0 aromatic heterocycles. The van der Waals surface area contributed by atoms with Crippen LogP contribution in [0.2, 0.25) is 0 Å². The summed E-state index contributed by atoms with van der Waals surface area (Å²) in [6.07, 6.45) is 5.68. The number of unbranched alkanes of at least 4 members (excludes halogenated alkanes) is 1. The number of rotatable bonds is 12. The summed E-state index contributed by atoms with van der Waals surface area (Å²) in [5, 5.41) is 0. The van der Waals surface area contributed by atoms with Crippen LogP contribution < -0.4 is 0 Å². The Kier molecular flexibility index (Phi) is 11.2. The molecule has 0 aliphatic carbocycles. The molecule has 0 spiro atoms. The first kappa shape index (κ1) is 20.4. The van der Waals surface area contributed by atoms with E-state index in [1.54, 1.807) is 6.92 Å². The van der Waals surface area contributed by atoms with Crippen molar-refractivity contribution in [2.45, 2.75) is 59.3 Å². The molecular formula is C18H30O4. The van der Waals surface area contributed by atoms with Gasteiger partial charge in [-0.2, -0.15) is 0 Å².